The van der Waals surface area contributed by atoms with Crippen molar-refractivity contribution in [2.75, 3.05) is 18.3 Å². The van der Waals surface area contributed by atoms with Crippen molar-refractivity contribution in [1.29, 1.82) is 0 Å². The fourth-order valence-corrected chi connectivity index (χ4v) is 9.89. The van der Waals surface area contributed by atoms with Gasteiger partial charge in [-0.1, -0.05) is 30.3 Å². The minimum atomic E-state index is -2.38. The lowest BCUT2D eigenvalue weighted by molar-refractivity contribution is 0.280. The smallest absolute Gasteiger partial charge is 0.251 e. The van der Waals surface area contributed by atoms with E-state index in [-0.39, 0.29) is 0 Å². The molecular formula is C14H23O3PS3. The van der Waals surface area contributed by atoms with Gasteiger partial charge < -0.3 is 13.6 Å². The van der Waals surface area contributed by atoms with E-state index >= 15 is 0 Å². The summed E-state index contributed by atoms with van der Waals surface area (Å²) in [4.78, 5) is 0. The van der Waals surface area contributed by atoms with Crippen molar-refractivity contribution in [3.05, 3.63) is 35.9 Å². The number of benzene rings is 1. The summed E-state index contributed by atoms with van der Waals surface area (Å²) in [6.07, 6.45) is 0. The van der Waals surface area contributed by atoms with E-state index in [0.717, 1.165) is 5.56 Å². The Morgan fingerprint density at radius 3 is 2.19 bits per heavy atom. The molecule has 0 amide bonds. The van der Waals surface area contributed by atoms with E-state index in [2.05, 4.69) is 0 Å². The molecule has 1 aromatic carbocycles. The first-order chi connectivity index (χ1) is 9.85. The van der Waals surface area contributed by atoms with E-state index < -0.39 is 21.6 Å². The summed E-state index contributed by atoms with van der Waals surface area (Å²) >= 11 is 5.77. The SMILES string of the molecule is CCOP(=S)(OCC)SC[S+]([O-])C(C)(C)c1ccccc1. The molecule has 0 saturated heterocycles. The van der Waals surface area contributed by atoms with E-state index in [4.69, 9.17) is 20.9 Å². The zero-order chi connectivity index (χ0) is 15.9. The highest BCUT2D eigenvalue weighted by Gasteiger charge is 2.35. The van der Waals surface area contributed by atoms with Gasteiger partial charge in [0.05, 0.1) is 13.2 Å². The van der Waals surface area contributed by atoms with Crippen LogP contribution in [-0.2, 0) is 36.8 Å². The van der Waals surface area contributed by atoms with E-state index in [1.165, 1.54) is 11.4 Å². The van der Waals surface area contributed by atoms with Crippen LogP contribution in [0.4, 0.5) is 0 Å². The zero-order valence-electron chi connectivity index (χ0n) is 12.9. The van der Waals surface area contributed by atoms with Gasteiger partial charge in [-0.15, -0.1) is 0 Å². The van der Waals surface area contributed by atoms with Gasteiger partial charge in [-0.05, 0) is 62.1 Å². The molecule has 0 aliphatic heterocycles. The lowest BCUT2D eigenvalue weighted by Gasteiger charge is -2.30. The molecule has 120 valence electrons. The van der Waals surface area contributed by atoms with Crippen LogP contribution in [0.3, 0.4) is 0 Å². The summed E-state index contributed by atoms with van der Waals surface area (Å²) in [6, 6.07) is 9.90. The molecule has 1 rings (SSSR count). The second kappa shape index (κ2) is 8.92. The molecule has 3 nitrogen and oxygen atoms in total. The lowest BCUT2D eigenvalue weighted by atomic mass is 10.0. The van der Waals surface area contributed by atoms with Crippen molar-refractivity contribution in [1.82, 2.24) is 0 Å². The van der Waals surface area contributed by atoms with Crippen molar-refractivity contribution < 1.29 is 13.6 Å². The molecule has 0 spiro atoms. The molecule has 21 heavy (non-hydrogen) atoms. The Labute approximate surface area is 140 Å². The van der Waals surface area contributed by atoms with Crippen molar-refractivity contribution in [3.63, 3.8) is 0 Å². The summed E-state index contributed by atoms with van der Waals surface area (Å²) in [5, 5.41) is 0.416. The second-order valence-corrected chi connectivity index (χ2v) is 13.4. The molecule has 0 aliphatic carbocycles. The molecule has 7 heteroatoms. The van der Waals surface area contributed by atoms with Crippen LogP contribution < -0.4 is 0 Å². The molecule has 0 saturated carbocycles. The normalized spacial score (nSPS) is 14.1. The predicted molar refractivity (Wildman–Crippen MR) is 97.6 cm³/mol. The first-order valence-corrected chi connectivity index (χ1v) is 12.4. The molecule has 1 unspecified atom stereocenters. The van der Waals surface area contributed by atoms with Gasteiger partial charge in [-0.25, -0.2) is 0 Å². The monoisotopic (exact) mass is 366 g/mol. The molecule has 0 aliphatic rings. The van der Waals surface area contributed by atoms with E-state index in [9.17, 15) is 4.55 Å². The van der Waals surface area contributed by atoms with Crippen LogP contribution in [0.5, 0.6) is 0 Å². The van der Waals surface area contributed by atoms with E-state index in [1.807, 2.05) is 58.0 Å². The molecule has 1 aromatic rings. The third-order valence-corrected chi connectivity index (χ3v) is 11.2. The molecule has 0 bridgehead atoms. The van der Waals surface area contributed by atoms with E-state index in [1.54, 1.807) is 0 Å². The molecule has 0 heterocycles. The number of rotatable bonds is 9. The van der Waals surface area contributed by atoms with Crippen LogP contribution in [-0.4, -0.2) is 22.9 Å². The van der Waals surface area contributed by atoms with Crippen LogP contribution in [0, 0.1) is 0 Å². The van der Waals surface area contributed by atoms with Crippen LogP contribution in [0.1, 0.15) is 33.3 Å². The maximum absolute atomic E-state index is 12.7. The molecule has 0 aromatic heterocycles. The summed E-state index contributed by atoms with van der Waals surface area (Å²) in [6.45, 7) is 8.79. The lowest BCUT2D eigenvalue weighted by Crippen LogP contribution is -2.30. The molecule has 0 fully saturated rings. The van der Waals surface area contributed by atoms with Crippen LogP contribution in [0.15, 0.2) is 30.3 Å². The van der Waals surface area contributed by atoms with Crippen molar-refractivity contribution in [2.24, 2.45) is 0 Å². The Kier molecular flexibility index (Phi) is 8.28. The van der Waals surface area contributed by atoms with Gasteiger partial charge in [-0.3, -0.25) is 0 Å². The Hall–Kier alpha value is 0.450. The zero-order valence-corrected chi connectivity index (χ0v) is 16.2. The Balaban J connectivity index is 2.71. The third kappa shape index (κ3) is 5.87. The standard InChI is InChI=1S/C14H23O3PS3/c1-5-16-18(19,17-6-2)20-12-21(15)14(3,4)13-10-8-7-9-11-13/h7-11H,5-6,12H2,1-4H3. The minimum absolute atomic E-state index is 0.416. The average molecular weight is 367 g/mol. The van der Waals surface area contributed by atoms with Crippen LogP contribution in [0.25, 0.3) is 0 Å². The Bertz CT molecular complexity index is 458. The first kappa shape index (κ1) is 19.5. The van der Waals surface area contributed by atoms with Gasteiger partial charge >= 0.3 is 0 Å². The molecule has 1 atom stereocenters. The fraction of sp³-hybridized carbons (Fsp3) is 0.571. The van der Waals surface area contributed by atoms with Gasteiger partial charge in [0.25, 0.3) is 5.69 Å². The summed E-state index contributed by atoms with van der Waals surface area (Å²) < 4.78 is 23.4. The highest BCUT2D eigenvalue weighted by Crippen LogP contribution is 2.61. The van der Waals surface area contributed by atoms with Gasteiger partial charge in [0, 0.05) is 5.56 Å². The van der Waals surface area contributed by atoms with Gasteiger partial charge in [0.2, 0.25) is 0 Å². The highest BCUT2D eigenvalue weighted by atomic mass is 32.9. The summed E-state index contributed by atoms with van der Waals surface area (Å²) in [5.41, 5.74) is -1.32. The van der Waals surface area contributed by atoms with Gasteiger partial charge in [0.15, 0.2) is 5.08 Å². The van der Waals surface area contributed by atoms with E-state index in [0.29, 0.717) is 18.3 Å². The highest BCUT2D eigenvalue weighted by molar-refractivity contribution is 8.69. The molecule has 0 radical (unpaired) electrons. The summed E-state index contributed by atoms with van der Waals surface area (Å²) in [7, 11) is 0. The minimum Gasteiger partial charge on any atom is -0.615 e. The van der Waals surface area contributed by atoms with Crippen LogP contribution in [0.2, 0.25) is 0 Å². The molecular weight excluding hydrogens is 343 g/mol. The van der Waals surface area contributed by atoms with Crippen molar-refractivity contribution in [3.8, 4) is 0 Å². The van der Waals surface area contributed by atoms with Gasteiger partial charge in [0.1, 0.15) is 4.75 Å². The third-order valence-electron chi connectivity index (χ3n) is 2.93. The predicted octanol–water partition coefficient (Wildman–Crippen LogP) is 4.66. The number of hydrogen-bond acceptors (Lipinski definition) is 5. The number of hydrogen-bond donors (Lipinski definition) is 0. The maximum Gasteiger partial charge on any atom is 0.251 e. The average Bonchev–Trinajstić information content (AvgIpc) is 2.46. The summed E-state index contributed by atoms with van der Waals surface area (Å²) in [5.74, 6) is 0. The van der Waals surface area contributed by atoms with Crippen molar-refractivity contribution >= 4 is 40.1 Å². The van der Waals surface area contributed by atoms with Crippen molar-refractivity contribution in [2.45, 2.75) is 32.4 Å². The topological polar surface area (TPSA) is 41.5 Å². The molecule has 0 N–H and O–H groups in total. The maximum atomic E-state index is 12.7. The Morgan fingerprint density at radius 1 is 1.19 bits per heavy atom. The largest absolute Gasteiger partial charge is 0.615 e. The second-order valence-electron chi connectivity index (χ2n) is 4.75. The fourth-order valence-electron chi connectivity index (χ4n) is 1.66. The first-order valence-electron chi connectivity index (χ1n) is 6.83. The Morgan fingerprint density at radius 2 is 1.71 bits per heavy atom. The van der Waals surface area contributed by atoms with Crippen LogP contribution >= 0.6 is 17.1 Å². The van der Waals surface area contributed by atoms with Gasteiger partial charge in [-0.2, -0.15) is 0 Å². The quantitative estimate of drug-likeness (QED) is 0.470.